The molecule has 1 heterocycles. The van der Waals surface area contributed by atoms with Crippen LogP contribution < -0.4 is 4.74 Å². The fourth-order valence-electron chi connectivity index (χ4n) is 3.43. The molecule has 5 heteroatoms. The summed E-state index contributed by atoms with van der Waals surface area (Å²) < 4.78 is 5.66. The smallest absolute Gasteiger partial charge is 0.267 e. The predicted octanol–water partition coefficient (Wildman–Crippen LogP) is 6.84. The molecule has 1 saturated heterocycles. The van der Waals surface area contributed by atoms with Crippen LogP contribution >= 0.6 is 11.8 Å². The highest BCUT2D eigenvalue weighted by Crippen LogP contribution is 2.39. The first-order valence-corrected chi connectivity index (χ1v) is 11.6. The number of amidine groups is 1. The number of amides is 1. The molecular weight excluding hydrogens is 416 g/mol. The summed E-state index contributed by atoms with van der Waals surface area (Å²) in [5.74, 6) is 0.803. The molecule has 0 radical (unpaired) electrons. The number of carbonyl (C=O) groups is 1. The van der Waals surface area contributed by atoms with Crippen LogP contribution in [0.2, 0.25) is 0 Å². The minimum absolute atomic E-state index is 0.0349. The van der Waals surface area contributed by atoms with Gasteiger partial charge in [0, 0.05) is 0 Å². The summed E-state index contributed by atoms with van der Waals surface area (Å²) in [7, 11) is 0. The summed E-state index contributed by atoms with van der Waals surface area (Å²) in [4.78, 5) is 20.7. The van der Waals surface area contributed by atoms with Crippen LogP contribution in [-0.2, 0) is 4.79 Å². The van der Waals surface area contributed by atoms with Gasteiger partial charge in [0.25, 0.3) is 5.91 Å². The Labute approximate surface area is 193 Å². The number of carbonyl (C=O) groups excluding carboxylic acids is 1. The van der Waals surface area contributed by atoms with E-state index < -0.39 is 0 Å². The number of para-hydroxylation sites is 1. The summed E-state index contributed by atoms with van der Waals surface area (Å²) in [6.45, 7) is 4.82. The SMILES string of the molecule is CCCOc1ccc(/C=C2/SC(=Nc3ccccc3)N([C@@H](C)c3ccccc3)C2=O)cc1. The number of rotatable bonds is 7. The molecule has 3 aromatic carbocycles. The van der Waals surface area contributed by atoms with Crippen molar-refractivity contribution in [3.63, 3.8) is 0 Å². The van der Waals surface area contributed by atoms with Crippen molar-refractivity contribution in [2.24, 2.45) is 4.99 Å². The number of thioether (sulfide) groups is 1. The van der Waals surface area contributed by atoms with Crippen molar-refractivity contribution in [3.8, 4) is 5.75 Å². The standard InChI is InChI=1S/C27H26N2O2S/c1-3-18-31-24-16-14-21(15-17-24)19-25-26(30)29(20(2)22-10-6-4-7-11-22)27(32-25)28-23-12-8-5-9-13-23/h4-17,19-20H,3,18H2,1-2H3/b25-19+,28-27?/t20-/m0/s1. The number of hydrogen-bond donors (Lipinski definition) is 0. The molecular formula is C27H26N2O2S. The van der Waals surface area contributed by atoms with Crippen molar-refractivity contribution in [3.05, 3.63) is 101 Å². The van der Waals surface area contributed by atoms with Crippen molar-refractivity contribution in [2.45, 2.75) is 26.3 Å². The zero-order chi connectivity index (χ0) is 22.3. The van der Waals surface area contributed by atoms with Gasteiger partial charge in [0.2, 0.25) is 0 Å². The highest BCUT2D eigenvalue weighted by molar-refractivity contribution is 8.18. The molecule has 162 valence electrons. The molecule has 0 bridgehead atoms. The van der Waals surface area contributed by atoms with Gasteiger partial charge in [0.15, 0.2) is 5.17 Å². The summed E-state index contributed by atoms with van der Waals surface area (Å²) in [6.07, 6.45) is 2.89. The van der Waals surface area contributed by atoms with Crippen LogP contribution in [0.25, 0.3) is 6.08 Å². The van der Waals surface area contributed by atoms with Crippen LogP contribution in [0.3, 0.4) is 0 Å². The Balaban J connectivity index is 1.66. The Hall–Kier alpha value is -3.31. The fraction of sp³-hybridized carbons (Fsp3) is 0.185. The van der Waals surface area contributed by atoms with E-state index in [4.69, 9.17) is 9.73 Å². The van der Waals surface area contributed by atoms with Gasteiger partial charge in [-0.05, 0) is 66.6 Å². The zero-order valence-electron chi connectivity index (χ0n) is 18.3. The Morgan fingerprint density at radius 2 is 1.62 bits per heavy atom. The van der Waals surface area contributed by atoms with Crippen LogP contribution in [0, 0.1) is 0 Å². The second-order valence-electron chi connectivity index (χ2n) is 7.52. The van der Waals surface area contributed by atoms with Gasteiger partial charge in [-0.15, -0.1) is 0 Å². The van der Waals surface area contributed by atoms with E-state index in [1.807, 2.05) is 97.9 Å². The maximum absolute atomic E-state index is 13.5. The lowest BCUT2D eigenvalue weighted by molar-refractivity contribution is -0.123. The Morgan fingerprint density at radius 1 is 0.969 bits per heavy atom. The van der Waals surface area contributed by atoms with Crippen molar-refractivity contribution in [1.29, 1.82) is 0 Å². The first kappa shape index (κ1) is 21.9. The molecule has 4 rings (SSSR count). The number of nitrogens with zero attached hydrogens (tertiary/aromatic N) is 2. The third-order valence-electron chi connectivity index (χ3n) is 5.14. The van der Waals surface area contributed by atoms with Gasteiger partial charge in [-0.1, -0.05) is 67.6 Å². The van der Waals surface area contributed by atoms with Crippen molar-refractivity contribution in [1.82, 2.24) is 4.90 Å². The normalized spacial score (nSPS) is 17.2. The van der Waals surface area contributed by atoms with E-state index in [9.17, 15) is 4.79 Å². The van der Waals surface area contributed by atoms with Gasteiger partial charge in [-0.2, -0.15) is 0 Å². The molecule has 0 aliphatic carbocycles. The van der Waals surface area contributed by atoms with Gasteiger partial charge in [-0.3, -0.25) is 9.69 Å². The van der Waals surface area contributed by atoms with Crippen molar-refractivity contribution >= 4 is 34.6 Å². The van der Waals surface area contributed by atoms with Crippen LogP contribution in [0.15, 0.2) is 94.8 Å². The molecule has 1 aliphatic heterocycles. The van der Waals surface area contributed by atoms with E-state index in [-0.39, 0.29) is 11.9 Å². The van der Waals surface area contributed by atoms with Gasteiger partial charge in [-0.25, -0.2) is 4.99 Å². The van der Waals surface area contributed by atoms with E-state index in [0.717, 1.165) is 29.0 Å². The molecule has 3 aromatic rings. The largest absolute Gasteiger partial charge is 0.494 e. The van der Waals surface area contributed by atoms with Crippen LogP contribution in [0.1, 0.15) is 37.4 Å². The lowest BCUT2D eigenvalue weighted by atomic mass is 10.1. The van der Waals surface area contributed by atoms with E-state index in [2.05, 4.69) is 6.92 Å². The lowest BCUT2D eigenvalue weighted by Gasteiger charge is -2.24. The number of hydrogen-bond acceptors (Lipinski definition) is 4. The molecule has 1 amide bonds. The molecule has 1 atom stereocenters. The van der Waals surface area contributed by atoms with Crippen molar-refractivity contribution < 1.29 is 9.53 Å². The molecule has 0 aromatic heterocycles. The van der Waals surface area contributed by atoms with Gasteiger partial charge in [0.1, 0.15) is 5.75 Å². The zero-order valence-corrected chi connectivity index (χ0v) is 19.1. The monoisotopic (exact) mass is 442 g/mol. The molecule has 1 fully saturated rings. The lowest BCUT2D eigenvalue weighted by Crippen LogP contribution is -2.32. The average Bonchev–Trinajstić information content (AvgIpc) is 3.13. The minimum atomic E-state index is -0.130. The maximum atomic E-state index is 13.5. The maximum Gasteiger partial charge on any atom is 0.267 e. The first-order chi connectivity index (χ1) is 15.7. The molecule has 32 heavy (non-hydrogen) atoms. The van der Waals surface area contributed by atoms with Crippen LogP contribution in [-0.4, -0.2) is 22.6 Å². The second kappa shape index (κ2) is 10.3. The van der Waals surface area contributed by atoms with Crippen molar-refractivity contribution in [2.75, 3.05) is 6.61 Å². The average molecular weight is 443 g/mol. The molecule has 0 spiro atoms. The topological polar surface area (TPSA) is 41.9 Å². The minimum Gasteiger partial charge on any atom is -0.494 e. The Kier molecular flexibility index (Phi) is 7.07. The third kappa shape index (κ3) is 5.11. The molecule has 1 aliphatic rings. The Morgan fingerprint density at radius 3 is 2.28 bits per heavy atom. The van der Waals surface area contributed by atoms with Gasteiger partial charge in [0.05, 0.1) is 23.2 Å². The number of aliphatic imine (C=N–C) groups is 1. The molecule has 4 nitrogen and oxygen atoms in total. The van der Waals surface area contributed by atoms with E-state index in [1.165, 1.54) is 11.8 Å². The van der Waals surface area contributed by atoms with Crippen LogP contribution in [0.5, 0.6) is 5.75 Å². The van der Waals surface area contributed by atoms with Gasteiger partial charge < -0.3 is 4.74 Å². The summed E-state index contributed by atoms with van der Waals surface area (Å²) >= 11 is 1.41. The summed E-state index contributed by atoms with van der Waals surface area (Å²) in [5, 5.41) is 0.687. The fourth-order valence-corrected chi connectivity index (χ4v) is 4.50. The van der Waals surface area contributed by atoms with Crippen LogP contribution in [0.4, 0.5) is 5.69 Å². The third-order valence-corrected chi connectivity index (χ3v) is 6.12. The summed E-state index contributed by atoms with van der Waals surface area (Å²) in [6, 6.07) is 27.5. The summed E-state index contributed by atoms with van der Waals surface area (Å²) in [5.41, 5.74) is 2.85. The second-order valence-corrected chi connectivity index (χ2v) is 8.53. The predicted molar refractivity (Wildman–Crippen MR) is 133 cm³/mol. The van der Waals surface area contributed by atoms with E-state index in [1.54, 1.807) is 4.90 Å². The first-order valence-electron chi connectivity index (χ1n) is 10.8. The number of benzene rings is 3. The molecule has 0 saturated carbocycles. The molecule has 0 unspecified atom stereocenters. The van der Waals surface area contributed by atoms with Gasteiger partial charge >= 0.3 is 0 Å². The van der Waals surface area contributed by atoms with E-state index >= 15 is 0 Å². The van der Waals surface area contributed by atoms with E-state index in [0.29, 0.717) is 16.7 Å². The molecule has 0 N–H and O–H groups in total. The Bertz CT molecular complexity index is 1110. The number of ether oxygens (including phenoxy) is 1. The quantitative estimate of drug-likeness (QED) is 0.376. The highest BCUT2D eigenvalue weighted by atomic mass is 32.2. The highest BCUT2D eigenvalue weighted by Gasteiger charge is 2.37.